The predicted molar refractivity (Wildman–Crippen MR) is 91.4 cm³/mol. The van der Waals surface area contributed by atoms with Crippen LogP contribution in [0.1, 0.15) is 29.0 Å². The van der Waals surface area contributed by atoms with Gasteiger partial charge in [0, 0.05) is 12.9 Å². The molecule has 96 valence electrons. The van der Waals surface area contributed by atoms with Gasteiger partial charge in [-0.05, 0) is 76.8 Å². The summed E-state index contributed by atoms with van der Waals surface area (Å²) >= 11 is 7.81. The van der Waals surface area contributed by atoms with Crippen LogP contribution in [0.25, 0.3) is 0 Å². The van der Waals surface area contributed by atoms with Crippen molar-refractivity contribution in [3.8, 4) is 0 Å². The highest BCUT2D eigenvalue weighted by atomic mass is 127. The van der Waals surface area contributed by atoms with E-state index in [9.17, 15) is 0 Å². The lowest BCUT2D eigenvalue weighted by molar-refractivity contribution is 0.634. The SMILES string of the molecule is CCNC(c1cc(Br)ccc1I)c1sccc1C. The van der Waals surface area contributed by atoms with Crippen LogP contribution in [-0.2, 0) is 0 Å². The van der Waals surface area contributed by atoms with Gasteiger partial charge >= 0.3 is 0 Å². The maximum absolute atomic E-state index is 3.59. The molecule has 0 aliphatic rings. The standard InChI is InChI=1S/C14H15BrINS/c1-3-17-13(14-9(2)6-7-18-14)11-8-10(15)4-5-12(11)16/h4-8,13,17H,3H2,1-2H3. The molecule has 0 saturated heterocycles. The van der Waals surface area contributed by atoms with Gasteiger partial charge in [0.15, 0.2) is 0 Å². The van der Waals surface area contributed by atoms with Crippen molar-refractivity contribution in [1.29, 1.82) is 0 Å². The molecule has 0 saturated carbocycles. The van der Waals surface area contributed by atoms with Crippen LogP contribution in [0.15, 0.2) is 34.1 Å². The topological polar surface area (TPSA) is 12.0 Å². The first-order valence-corrected chi connectivity index (χ1v) is 8.61. The van der Waals surface area contributed by atoms with Crippen molar-refractivity contribution in [2.75, 3.05) is 6.54 Å². The van der Waals surface area contributed by atoms with Crippen molar-refractivity contribution in [3.63, 3.8) is 0 Å². The Morgan fingerprint density at radius 3 is 2.78 bits per heavy atom. The minimum atomic E-state index is 0.291. The minimum Gasteiger partial charge on any atom is -0.306 e. The van der Waals surface area contributed by atoms with Gasteiger partial charge in [0.1, 0.15) is 0 Å². The summed E-state index contributed by atoms with van der Waals surface area (Å²) < 4.78 is 2.43. The predicted octanol–water partition coefficient (Wildman–Crippen LogP) is 5.12. The average molecular weight is 436 g/mol. The third kappa shape index (κ3) is 3.15. The fourth-order valence-corrected chi connectivity index (χ4v) is 4.01. The zero-order valence-corrected chi connectivity index (χ0v) is 14.9. The van der Waals surface area contributed by atoms with Crippen LogP contribution >= 0.6 is 49.9 Å². The van der Waals surface area contributed by atoms with Gasteiger partial charge in [-0.1, -0.05) is 22.9 Å². The van der Waals surface area contributed by atoms with E-state index in [1.54, 1.807) is 0 Å². The van der Waals surface area contributed by atoms with Crippen molar-refractivity contribution in [2.24, 2.45) is 0 Å². The quantitative estimate of drug-likeness (QED) is 0.657. The molecule has 0 radical (unpaired) electrons. The van der Waals surface area contributed by atoms with Gasteiger partial charge in [0.25, 0.3) is 0 Å². The van der Waals surface area contributed by atoms with E-state index in [1.165, 1.54) is 19.6 Å². The maximum atomic E-state index is 3.59. The monoisotopic (exact) mass is 435 g/mol. The lowest BCUT2D eigenvalue weighted by Gasteiger charge is -2.20. The van der Waals surface area contributed by atoms with Crippen LogP contribution in [0.2, 0.25) is 0 Å². The first-order chi connectivity index (χ1) is 8.63. The van der Waals surface area contributed by atoms with Crippen LogP contribution in [0, 0.1) is 10.5 Å². The zero-order valence-electron chi connectivity index (χ0n) is 10.3. The van der Waals surface area contributed by atoms with Crippen LogP contribution in [0.5, 0.6) is 0 Å². The van der Waals surface area contributed by atoms with E-state index < -0.39 is 0 Å². The molecular weight excluding hydrogens is 421 g/mol. The highest BCUT2D eigenvalue weighted by Crippen LogP contribution is 2.33. The second-order valence-electron chi connectivity index (χ2n) is 4.12. The van der Waals surface area contributed by atoms with Gasteiger partial charge in [-0.2, -0.15) is 0 Å². The maximum Gasteiger partial charge on any atom is 0.0684 e. The molecule has 1 heterocycles. The molecule has 4 heteroatoms. The molecule has 0 aliphatic carbocycles. The zero-order chi connectivity index (χ0) is 13.1. The van der Waals surface area contributed by atoms with Gasteiger partial charge in [-0.15, -0.1) is 11.3 Å². The summed E-state index contributed by atoms with van der Waals surface area (Å²) in [6, 6.07) is 8.95. The summed E-state index contributed by atoms with van der Waals surface area (Å²) in [5.41, 5.74) is 2.71. The minimum absolute atomic E-state index is 0.291. The first kappa shape index (κ1) is 14.5. The summed E-state index contributed by atoms with van der Waals surface area (Å²) in [5.74, 6) is 0. The van der Waals surface area contributed by atoms with Crippen molar-refractivity contribution in [3.05, 3.63) is 53.7 Å². The Labute approximate surface area is 134 Å². The molecule has 2 aromatic rings. The molecule has 0 bridgehead atoms. The molecular formula is C14H15BrINS. The summed E-state index contributed by atoms with van der Waals surface area (Å²) in [5, 5.41) is 5.76. The average Bonchev–Trinajstić information content (AvgIpc) is 2.76. The van der Waals surface area contributed by atoms with E-state index in [1.807, 2.05) is 11.3 Å². The normalized spacial score (nSPS) is 12.7. The largest absolute Gasteiger partial charge is 0.306 e. The number of aryl methyl sites for hydroxylation is 1. The van der Waals surface area contributed by atoms with E-state index in [4.69, 9.17) is 0 Å². The first-order valence-electron chi connectivity index (χ1n) is 5.85. The molecule has 1 aromatic heterocycles. The summed E-state index contributed by atoms with van der Waals surface area (Å²) in [4.78, 5) is 1.41. The summed E-state index contributed by atoms with van der Waals surface area (Å²) in [6.45, 7) is 5.30. The Morgan fingerprint density at radius 1 is 1.39 bits per heavy atom. The highest BCUT2D eigenvalue weighted by molar-refractivity contribution is 14.1. The molecule has 1 atom stereocenters. The van der Waals surface area contributed by atoms with E-state index in [0.29, 0.717) is 6.04 Å². The fourth-order valence-electron chi connectivity index (χ4n) is 1.96. The van der Waals surface area contributed by atoms with Crippen LogP contribution in [0.4, 0.5) is 0 Å². The van der Waals surface area contributed by atoms with Gasteiger partial charge < -0.3 is 5.32 Å². The van der Waals surface area contributed by atoms with Crippen molar-refractivity contribution in [2.45, 2.75) is 19.9 Å². The molecule has 18 heavy (non-hydrogen) atoms. The molecule has 2 rings (SSSR count). The molecule has 0 amide bonds. The van der Waals surface area contributed by atoms with Crippen molar-refractivity contribution < 1.29 is 0 Å². The molecule has 0 aliphatic heterocycles. The Kier molecular flexibility index (Phi) is 5.24. The van der Waals surface area contributed by atoms with E-state index >= 15 is 0 Å². The lowest BCUT2D eigenvalue weighted by atomic mass is 10.0. The molecule has 0 spiro atoms. The number of hydrogen-bond acceptors (Lipinski definition) is 2. The summed E-state index contributed by atoms with van der Waals surface area (Å²) in [6.07, 6.45) is 0. The number of thiophene rings is 1. The van der Waals surface area contributed by atoms with Crippen molar-refractivity contribution >= 4 is 49.9 Å². The van der Waals surface area contributed by atoms with Gasteiger partial charge in [0.05, 0.1) is 6.04 Å². The Bertz CT molecular complexity index is 538. The Balaban J connectivity index is 2.48. The Hall–Kier alpha value is 0.0900. The van der Waals surface area contributed by atoms with Crippen LogP contribution in [0.3, 0.4) is 0 Å². The number of rotatable bonds is 4. The third-order valence-electron chi connectivity index (χ3n) is 2.84. The number of nitrogens with one attached hydrogen (secondary N) is 1. The second kappa shape index (κ2) is 6.50. The lowest BCUT2D eigenvalue weighted by Crippen LogP contribution is -2.22. The van der Waals surface area contributed by atoms with Gasteiger partial charge in [0.2, 0.25) is 0 Å². The molecule has 1 N–H and O–H groups in total. The fraction of sp³-hybridized carbons (Fsp3) is 0.286. The van der Waals surface area contributed by atoms with Crippen molar-refractivity contribution in [1.82, 2.24) is 5.32 Å². The van der Waals surface area contributed by atoms with Gasteiger partial charge in [-0.25, -0.2) is 0 Å². The van der Waals surface area contributed by atoms with E-state index in [2.05, 4.69) is 87.3 Å². The number of benzene rings is 1. The summed E-state index contributed by atoms with van der Waals surface area (Å²) in [7, 11) is 0. The van der Waals surface area contributed by atoms with Crippen LogP contribution in [-0.4, -0.2) is 6.54 Å². The third-order valence-corrected chi connectivity index (χ3v) is 5.40. The molecule has 1 aromatic carbocycles. The Morgan fingerprint density at radius 2 is 2.17 bits per heavy atom. The molecule has 1 unspecified atom stereocenters. The van der Waals surface area contributed by atoms with E-state index in [-0.39, 0.29) is 0 Å². The highest BCUT2D eigenvalue weighted by Gasteiger charge is 2.19. The molecule has 1 nitrogen and oxygen atoms in total. The number of halogens is 2. The number of hydrogen-bond donors (Lipinski definition) is 1. The second-order valence-corrected chi connectivity index (χ2v) is 7.15. The molecule has 0 fully saturated rings. The van der Waals surface area contributed by atoms with Gasteiger partial charge in [-0.3, -0.25) is 0 Å². The van der Waals surface area contributed by atoms with E-state index in [0.717, 1.165) is 11.0 Å². The van der Waals surface area contributed by atoms with Crippen LogP contribution < -0.4 is 5.32 Å². The smallest absolute Gasteiger partial charge is 0.0684 e.